The highest BCUT2D eigenvalue weighted by Gasteiger charge is 2.22. The molecule has 10 heteroatoms. The first-order valence-electron chi connectivity index (χ1n) is 8.07. The van der Waals surface area contributed by atoms with Crippen molar-refractivity contribution in [1.29, 1.82) is 0 Å². The Morgan fingerprint density at radius 3 is 2.69 bits per heavy atom. The number of amides is 2. The molecule has 1 N–H and O–H groups in total. The van der Waals surface area contributed by atoms with E-state index in [0.29, 0.717) is 38.4 Å². The minimum absolute atomic E-state index is 0.0321. The van der Waals surface area contributed by atoms with Crippen molar-refractivity contribution in [3.05, 3.63) is 50.9 Å². The summed E-state index contributed by atoms with van der Waals surface area (Å²) in [5, 5.41) is 17.6. The first-order chi connectivity index (χ1) is 12.4. The number of benzene rings is 1. The average Bonchev–Trinajstić information content (AvgIpc) is 3.01. The van der Waals surface area contributed by atoms with E-state index in [1.165, 1.54) is 18.2 Å². The number of carbonyl (C=O) groups is 1. The van der Waals surface area contributed by atoms with Gasteiger partial charge in [0, 0.05) is 50.5 Å². The largest absolute Gasteiger partial charge is 0.361 e. The topological polar surface area (TPSA) is 105 Å². The third-order valence-electron chi connectivity index (χ3n) is 4.12. The minimum atomic E-state index is -0.581. The number of anilines is 1. The highest BCUT2D eigenvalue weighted by molar-refractivity contribution is 6.32. The Balaban J connectivity index is 1.54. The summed E-state index contributed by atoms with van der Waals surface area (Å²) in [6.45, 7) is 5.05. The van der Waals surface area contributed by atoms with Crippen LogP contribution in [-0.4, -0.2) is 52.1 Å². The lowest BCUT2D eigenvalue weighted by molar-refractivity contribution is -0.384. The van der Waals surface area contributed by atoms with Crippen LogP contribution in [0.1, 0.15) is 11.5 Å². The molecule has 0 saturated carbocycles. The Labute approximate surface area is 154 Å². The van der Waals surface area contributed by atoms with Crippen LogP contribution in [0.15, 0.2) is 28.8 Å². The number of carbonyl (C=O) groups excluding carboxylic acids is 1. The Hall–Kier alpha value is -2.65. The Bertz CT molecular complexity index is 817. The summed E-state index contributed by atoms with van der Waals surface area (Å²) in [6, 6.07) is 5.79. The number of aromatic nitrogens is 1. The maximum Gasteiger partial charge on any atom is 0.321 e. The average molecular weight is 380 g/mol. The van der Waals surface area contributed by atoms with Crippen molar-refractivity contribution in [2.24, 2.45) is 0 Å². The van der Waals surface area contributed by atoms with Gasteiger partial charge in [0.15, 0.2) is 0 Å². The molecule has 26 heavy (non-hydrogen) atoms. The number of rotatable bonds is 4. The molecule has 0 atom stereocenters. The molecule has 138 valence electrons. The maximum absolute atomic E-state index is 12.4. The van der Waals surface area contributed by atoms with E-state index in [-0.39, 0.29) is 16.7 Å². The molecule has 1 aromatic heterocycles. The van der Waals surface area contributed by atoms with E-state index in [2.05, 4.69) is 15.4 Å². The third-order valence-corrected chi connectivity index (χ3v) is 4.44. The Morgan fingerprint density at radius 2 is 2.08 bits per heavy atom. The lowest BCUT2D eigenvalue weighted by Crippen LogP contribution is -2.49. The molecule has 0 radical (unpaired) electrons. The van der Waals surface area contributed by atoms with Gasteiger partial charge in [-0.1, -0.05) is 16.8 Å². The van der Waals surface area contributed by atoms with Crippen LogP contribution >= 0.6 is 11.6 Å². The van der Waals surface area contributed by atoms with Gasteiger partial charge < -0.3 is 14.7 Å². The van der Waals surface area contributed by atoms with E-state index in [0.717, 1.165) is 11.5 Å². The lowest BCUT2D eigenvalue weighted by Gasteiger charge is -2.34. The predicted octanol–water partition coefficient (Wildman–Crippen LogP) is 2.89. The third kappa shape index (κ3) is 4.30. The van der Waals surface area contributed by atoms with Crippen molar-refractivity contribution in [1.82, 2.24) is 15.0 Å². The number of nitrogens with one attached hydrogen (secondary N) is 1. The molecular formula is C16H18ClN5O4. The summed E-state index contributed by atoms with van der Waals surface area (Å²) >= 11 is 5.78. The molecule has 1 aromatic carbocycles. The van der Waals surface area contributed by atoms with Gasteiger partial charge in [-0.15, -0.1) is 0 Å². The summed E-state index contributed by atoms with van der Waals surface area (Å²) in [4.78, 5) is 26.6. The fourth-order valence-corrected chi connectivity index (χ4v) is 2.95. The van der Waals surface area contributed by atoms with Crippen LogP contribution in [-0.2, 0) is 6.54 Å². The zero-order valence-corrected chi connectivity index (χ0v) is 14.9. The summed E-state index contributed by atoms with van der Waals surface area (Å²) in [7, 11) is 0. The molecule has 0 unspecified atom stereocenters. The van der Waals surface area contributed by atoms with Gasteiger partial charge in [0.2, 0.25) is 0 Å². The van der Waals surface area contributed by atoms with E-state index in [1.807, 2.05) is 13.0 Å². The van der Waals surface area contributed by atoms with Crippen molar-refractivity contribution in [2.45, 2.75) is 13.5 Å². The molecule has 1 aliphatic rings. The first-order valence-corrected chi connectivity index (χ1v) is 8.44. The van der Waals surface area contributed by atoms with Crippen molar-refractivity contribution < 1.29 is 14.2 Å². The van der Waals surface area contributed by atoms with Gasteiger partial charge in [0.1, 0.15) is 10.8 Å². The van der Waals surface area contributed by atoms with Crippen LogP contribution in [0.3, 0.4) is 0 Å². The molecule has 2 aromatic rings. The van der Waals surface area contributed by atoms with E-state index in [9.17, 15) is 14.9 Å². The van der Waals surface area contributed by atoms with Gasteiger partial charge in [-0.2, -0.15) is 0 Å². The van der Waals surface area contributed by atoms with Crippen LogP contribution in [0, 0.1) is 17.0 Å². The number of nitro groups is 1. The number of hydrogen-bond donors (Lipinski definition) is 1. The monoisotopic (exact) mass is 379 g/mol. The first kappa shape index (κ1) is 18.2. The van der Waals surface area contributed by atoms with Gasteiger partial charge in [-0.05, 0) is 19.1 Å². The summed E-state index contributed by atoms with van der Waals surface area (Å²) in [5.41, 5.74) is 0.970. The molecule has 0 aliphatic carbocycles. The molecule has 0 bridgehead atoms. The van der Waals surface area contributed by atoms with E-state index >= 15 is 0 Å². The van der Waals surface area contributed by atoms with E-state index in [4.69, 9.17) is 16.1 Å². The van der Waals surface area contributed by atoms with Gasteiger partial charge in [-0.3, -0.25) is 15.0 Å². The second-order valence-electron chi connectivity index (χ2n) is 6.05. The summed E-state index contributed by atoms with van der Waals surface area (Å²) in [6.07, 6.45) is 0. The number of halogens is 1. The zero-order chi connectivity index (χ0) is 18.7. The van der Waals surface area contributed by atoms with Crippen LogP contribution < -0.4 is 5.32 Å². The number of nitrogens with zero attached hydrogens (tertiary/aromatic N) is 4. The van der Waals surface area contributed by atoms with Crippen LogP contribution in [0.5, 0.6) is 0 Å². The van der Waals surface area contributed by atoms with Gasteiger partial charge >= 0.3 is 6.03 Å². The molecule has 2 amide bonds. The minimum Gasteiger partial charge on any atom is -0.361 e. The fourth-order valence-electron chi connectivity index (χ4n) is 2.76. The normalized spacial score (nSPS) is 15.1. The number of hydrogen-bond acceptors (Lipinski definition) is 6. The van der Waals surface area contributed by atoms with Gasteiger partial charge in [0.05, 0.1) is 10.6 Å². The number of nitro benzene ring substituents is 1. The van der Waals surface area contributed by atoms with Gasteiger partial charge in [-0.25, -0.2) is 4.79 Å². The molecule has 2 heterocycles. The second kappa shape index (κ2) is 7.71. The molecule has 0 spiro atoms. The molecule has 1 saturated heterocycles. The van der Waals surface area contributed by atoms with Crippen LogP contribution in [0.25, 0.3) is 0 Å². The van der Waals surface area contributed by atoms with E-state index < -0.39 is 4.92 Å². The zero-order valence-electron chi connectivity index (χ0n) is 14.1. The quantitative estimate of drug-likeness (QED) is 0.646. The maximum atomic E-state index is 12.4. The number of urea groups is 1. The summed E-state index contributed by atoms with van der Waals surface area (Å²) in [5.74, 6) is 0.773. The fraction of sp³-hybridized carbons (Fsp3) is 0.375. The SMILES string of the molecule is Cc1cc(CN2CCN(C(=O)Nc3ccc(Cl)c([N+](=O)[O-])c3)CC2)no1. The van der Waals surface area contributed by atoms with Crippen LogP contribution in [0.2, 0.25) is 5.02 Å². The molecule has 1 aliphatic heterocycles. The molecule has 1 fully saturated rings. The Morgan fingerprint density at radius 1 is 1.35 bits per heavy atom. The Kier molecular flexibility index (Phi) is 5.38. The van der Waals surface area contributed by atoms with E-state index in [1.54, 1.807) is 4.90 Å². The summed E-state index contributed by atoms with van der Waals surface area (Å²) < 4.78 is 5.06. The highest BCUT2D eigenvalue weighted by atomic mass is 35.5. The number of aryl methyl sites for hydroxylation is 1. The molecule has 9 nitrogen and oxygen atoms in total. The standard InChI is InChI=1S/C16H18ClN5O4/c1-11-8-13(19-26-11)10-20-4-6-21(7-5-20)16(23)18-12-2-3-14(17)15(9-12)22(24)25/h2-3,8-9H,4-7,10H2,1H3,(H,18,23). The van der Waals surface area contributed by atoms with Crippen molar-refractivity contribution in [3.8, 4) is 0 Å². The van der Waals surface area contributed by atoms with Crippen LogP contribution in [0.4, 0.5) is 16.2 Å². The van der Waals surface area contributed by atoms with Crippen molar-refractivity contribution in [3.63, 3.8) is 0 Å². The molecule has 3 rings (SSSR count). The van der Waals surface area contributed by atoms with Crippen molar-refractivity contribution in [2.75, 3.05) is 31.5 Å². The number of piperazine rings is 1. The highest BCUT2D eigenvalue weighted by Crippen LogP contribution is 2.27. The second-order valence-corrected chi connectivity index (χ2v) is 6.45. The van der Waals surface area contributed by atoms with Crippen molar-refractivity contribution >= 4 is 29.0 Å². The van der Waals surface area contributed by atoms with Gasteiger partial charge in [0.25, 0.3) is 5.69 Å². The predicted molar refractivity (Wildman–Crippen MR) is 95.2 cm³/mol. The molecular weight excluding hydrogens is 362 g/mol. The smallest absolute Gasteiger partial charge is 0.321 e. The lowest BCUT2D eigenvalue weighted by atomic mass is 10.2.